The van der Waals surface area contributed by atoms with Crippen LogP contribution in [0.4, 0.5) is 0 Å². The first-order valence-electron chi connectivity index (χ1n) is 7.54. The van der Waals surface area contributed by atoms with Crippen LogP contribution in [0.3, 0.4) is 0 Å². The molecule has 0 saturated carbocycles. The highest BCUT2D eigenvalue weighted by atomic mass is 32.2. The molecule has 0 radical (unpaired) electrons. The monoisotopic (exact) mass is 309 g/mol. The third-order valence-electron chi connectivity index (χ3n) is 3.72. The number of carbonyl (C=O) groups is 1. The van der Waals surface area contributed by atoms with E-state index in [0.29, 0.717) is 31.0 Å². The van der Waals surface area contributed by atoms with Crippen molar-refractivity contribution in [2.24, 2.45) is 5.92 Å². The number of ketones is 1. The summed E-state index contributed by atoms with van der Waals surface area (Å²) in [5.41, 5.74) is 0.585. The highest BCUT2D eigenvalue weighted by Crippen LogP contribution is 2.21. The molecule has 1 heterocycles. The lowest BCUT2D eigenvalue weighted by atomic mass is 10.0. The van der Waals surface area contributed by atoms with Gasteiger partial charge in [0.05, 0.1) is 4.90 Å². The van der Waals surface area contributed by atoms with Crippen LogP contribution in [-0.2, 0) is 10.0 Å². The van der Waals surface area contributed by atoms with E-state index in [1.54, 1.807) is 28.6 Å². The quantitative estimate of drug-likeness (QED) is 0.785. The average molecular weight is 309 g/mol. The van der Waals surface area contributed by atoms with E-state index in [1.807, 2.05) is 13.8 Å². The van der Waals surface area contributed by atoms with Gasteiger partial charge in [-0.2, -0.15) is 4.31 Å². The number of rotatable bonds is 5. The lowest BCUT2D eigenvalue weighted by Gasteiger charge is -2.25. The molecule has 4 nitrogen and oxygen atoms in total. The SMILES string of the molecule is CC(C)CC(=O)c1ccc(S(=O)(=O)N2CCCCC2)cc1. The van der Waals surface area contributed by atoms with Crippen LogP contribution in [0, 0.1) is 5.92 Å². The highest BCUT2D eigenvalue weighted by molar-refractivity contribution is 7.89. The van der Waals surface area contributed by atoms with Crippen LogP contribution in [0.1, 0.15) is 49.9 Å². The van der Waals surface area contributed by atoms with Crippen LogP contribution in [0.25, 0.3) is 0 Å². The molecule has 0 bridgehead atoms. The number of nitrogens with zero attached hydrogens (tertiary/aromatic N) is 1. The van der Waals surface area contributed by atoms with Gasteiger partial charge in [0.15, 0.2) is 5.78 Å². The van der Waals surface area contributed by atoms with E-state index in [-0.39, 0.29) is 10.7 Å². The molecule has 5 heteroatoms. The van der Waals surface area contributed by atoms with Crippen LogP contribution in [0.2, 0.25) is 0 Å². The Balaban J connectivity index is 2.16. The van der Waals surface area contributed by atoms with Crippen molar-refractivity contribution in [3.05, 3.63) is 29.8 Å². The van der Waals surface area contributed by atoms with E-state index in [4.69, 9.17) is 0 Å². The van der Waals surface area contributed by atoms with Gasteiger partial charge < -0.3 is 0 Å². The number of benzene rings is 1. The lowest BCUT2D eigenvalue weighted by Crippen LogP contribution is -2.35. The van der Waals surface area contributed by atoms with Crippen molar-refractivity contribution in [3.63, 3.8) is 0 Å². The van der Waals surface area contributed by atoms with Crippen LogP contribution in [0.5, 0.6) is 0 Å². The average Bonchev–Trinajstić information content (AvgIpc) is 2.47. The normalized spacial score (nSPS) is 17.1. The van der Waals surface area contributed by atoms with Gasteiger partial charge in [0.2, 0.25) is 10.0 Å². The third kappa shape index (κ3) is 3.92. The molecule has 1 fully saturated rings. The molecular weight excluding hydrogens is 286 g/mol. The molecule has 21 heavy (non-hydrogen) atoms. The van der Waals surface area contributed by atoms with Gasteiger partial charge in [-0.1, -0.05) is 32.4 Å². The van der Waals surface area contributed by atoms with E-state index in [0.717, 1.165) is 19.3 Å². The van der Waals surface area contributed by atoms with E-state index < -0.39 is 10.0 Å². The van der Waals surface area contributed by atoms with Gasteiger partial charge in [-0.15, -0.1) is 0 Å². The van der Waals surface area contributed by atoms with Crippen molar-refractivity contribution in [1.29, 1.82) is 0 Å². The van der Waals surface area contributed by atoms with Crippen LogP contribution < -0.4 is 0 Å². The zero-order valence-electron chi connectivity index (χ0n) is 12.7. The Morgan fingerprint density at radius 3 is 2.19 bits per heavy atom. The first-order valence-corrected chi connectivity index (χ1v) is 8.98. The molecule has 0 N–H and O–H groups in total. The summed E-state index contributed by atoms with van der Waals surface area (Å²) in [5, 5.41) is 0. The molecule has 2 rings (SSSR count). The second-order valence-corrected chi connectivity index (χ2v) is 7.95. The molecule has 0 aromatic heterocycles. The Hall–Kier alpha value is -1.20. The Morgan fingerprint density at radius 1 is 1.10 bits per heavy atom. The highest BCUT2D eigenvalue weighted by Gasteiger charge is 2.25. The molecule has 1 aromatic rings. The van der Waals surface area contributed by atoms with Gasteiger partial charge in [-0.05, 0) is 30.9 Å². The first kappa shape index (κ1) is 16.2. The summed E-state index contributed by atoms with van der Waals surface area (Å²) in [6.07, 6.45) is 3.42. The minimum Gasteiger partial charge on any atom is -0.294 e. The molecule has 0 amide bonds. The fourth-order valence-electron chi connectivity index (χ4n) is 2.56. The lowest BCUT2D eigenvalue weighted by molar-refractivity contribution is 0.0967. The van der Waals surface area contributed by atoms with E-state index in [1.165, 1.54) is 0 Å². The number of hydrogen-bond donors (Lipinski definition) is 0. The molecule has 116 valence electrons. The Morgan fingerprint density at radius 2 is 1.67 bits per heavy atom. The second-order valence-electron chi connectivity index (χ2n) is 6.01. The topological polar surface area (TPSA) is 54.5 Å². The van der Waals surface area contributed by atoms with Crippen molar-refractivity contribution in [2.45, 2.75) is 44.4 Å². The molecule has 0 atom stereocenters. The van der Waals surface area contributed by atoms with Crippen LogP contribution in [0.15, 0.2) is 29.2 Å². The van der Waals surface area contributed by atoms with Crippen molar-refractivity contribution >= 4 is 15.8 Å². The summed E-state index contributed by atoms with van der Waals surface area (Å²) in [4.78, 5) is 12.2. The molecular formula is C16H23NO3S. The maximum absolute atomic E-state index is 12.5. The zero-order valence-corrected chi connectivity index (χ0v) is 13.5. The third-order valence-corrected chi connectivity index (χ3v) is 5.64. The maximum Gasteiger partial charge on any atom is 0.243 e. The number of piperidine rings is 1. The summed E-state index contributed by atoms with van der Waals surface area (Å²) in [5.74, 6) is 0.362. The Bertz CT molecular complexity index is 584. The first-order chi connectivity index (χ1) is 9.91. The summed E-state index contributed by atoms with van der Waals surface area (Å²) < 4.78 is 26.5. The minimum atomic E-state index is -3.41. The molecule has 1 aromatic carbocycles. The number of sulfonamides is 1. The zero-order chi connectivity index (χ0) is 15.5. The summed E-state index contributed by atoms with van der Waals surface area (Å²) in [6.45, 7) is 5.17. The summed E-state index contributed by atoms with van der Waals surface area (Å²) in [6, 6.07) is 6.36. The molecule has 0 unspecified atom stereocenters. The van der Waals surface area contributed by atoms with Gasteiger partial charge in [-0.25, -0.2) is 8.42 Å². The van der Waals surface area contributed by atoms with Gasteiger partial charge in [-0.3, -0.25) is 4.79 Å². The Labute approximate surface area is 127 Å². The fraction of sp³-hybridized carbons (Fsp3) is 0.562. The fourth-order valence-corrected chi connectivity index (χ4v) is 4.07. The van der Waals surface area contributed by atoms with Crippen LogP contribution in [-0.4, -0.2) is 31.6 Å². The van der Waals surface area contributed by atoms with E-state index in [2.05, 4.69) is 0 Å². The van der Waals surface area contributed by atoms with Gasteiger partial charge in [0.25, 0.3) is 0 Å². The summed E-state index contributed by atoms with van der Waals surface area (Å²) >= 11 is 0. The summed E-state index contributed by atoms with van der Waals surface area (Å²) in [7, 11) is -3.41. The van der Waals surface area contributed by atoms with E-state index >= 15 is 0 Å². The van der Waals surface area contributed by atoms with Gasteiger partial charge in [0, 0.05) is 25.1 Å². The largest absolute Gasteiger partial charge is 0.294 e. The Kier molecular flexibility index (Phi) is 5.17. The number of carbonyl (C=O) groups excluding carboxylic acids is 1. The molecule has 1 saturated heterocycles. The van der Waals surface area contributed by atoms with Gasteiger partial charge >= 0.3 is 0 Å². The second kappa shape index (κ2) is 6.71. The van der Waals surface area contributed by atoms with Crippen molar-refractivity contribution in [2.75, 3.05) is 13.1 Å². The predicted molar refractivity (Wildman–Crippen MR) is 82.8 cm³/mol. The smallest absolute Gasteiger partial charge is 0.243 e. The molecule has 0 aliphatic carbocycles. The van der Waals surface area contributed by atoms with Crippen molar-refractivity contribution < 1.29 is 13.2 Å². The van der Waals surface area contributed by atoms with Crippen molar-refractivity contribution in [1.82, 2.24) is 4.31 Å². The molecule has 1 aliphatic rings. The predicted octanol–water partition coefficient (Wildman–Crippen LogP) is 3.09. The van der Waals surface area contributed by atoms with Gasteiger partial charge in [0.1, 0.15) is 0 Å². The molecule has 1 aliphatic heterocycles. The van der Waals surface area contributed by atoms with Crippen LogP contribution >= 0.6 is 0 Å². The number of Topliss-reactive ketones (excluding diaryl/α,β-unsaturated/α-hetero) is 1. The minimum absolute atomic E-state index is 0.0620. The maximum atomic E-state index is 12.5. The molecule has 0 spiro atoms. The number of hydrogen-bond acceptors (Lipinski definition) is 3. The van der Waals surface area contributed by atoms with E-state index in [9.17, 15) is 13.2 Å². The standard InChI is InChI=1S/C16H23NO3S/c1-13(2)12-16(18)14-6-8-15(9-7-14)21(19,20)17-10-4-3-5-11-17/h6-9,13H,3-5,10-12H2,1-2H3. The van der Waals surface area contributed by atoms with Crippen molar-refractivity contribution in [3.8, 4) is 0 Å².